The summed E-state index contributed by atoms with van der Waals surface area (Å²) in [6.45, 7) is 9.18. The Morgan fingerprint density at radius 1 is 1.28 bits per heavy atom. The van der Waals surface area contributed by atoms with E-state index >= 15 is 0 Å². The van der Waals surface area contributed by atoms with Crippen molar-refractivity contribution < 1.29 is 4.79 Å². The minimum absolute atomic E-state index is 0.0704. The van der Waals surface area contributed by atoms with E-state index in [0.29, 0.717) is 17.8 Å². The van der Waals surface area contributed by atoms with Crippen LogP contribution in [0.1, 0.15) is 59.8 Å². The number of carbonyl (C=O) groups is 1. The number of aldehydes is 1. The molecule has 0 bridgehead atoms. The van der Waals surface area contributed by atoms with E-state index < -0.39 is 0 Å². The van der Waals surface area contributed by atoms with Crippen LogP contribution in [-0.4, -0.2) is 6.29 Å². The fraction of sp³-hybridized carbons (Fsp3) is 0.824. The minimum Gasteiger partial charge on any atom is -0.303 e. The molecule has 18 heavy (non-hydrogen) atoms. The molecule has 0 aliphatic heterocycles. The molecule has 0 aromatic carbocycles. The van der Waals surface area contributed by atoms with Gasteiger partial charge in [0.15, 0.2) is 0 Å². The van der Waals surface area contributed by atoms with Crippen LogP contribution in [0.25, 0.3) is 0 Å². The highest BCUT2D eigenvalue weighted by Crippen LogP contribution is 2.52. The van der Waals surface area contributed by atoms with Crippen molar-refractivity contribution in [1.29, 1.82) is 0 Å². The van der Waals surface area contributed by atoms with Crippen molar-refractivity contribution in [2.75, 3.05) is 0 Å². The van der Waals surface area contributed by atoms with Gasteiger partial charge in [-0.25, -0.2) is 0 Å². The van der Waals surface area contributed by atoms with Crippen molar-refractivity contribution in [3.8, 4) is 0 Å². The Hall–Kier alpha value is -0.590. The molecule has 5 atom stereocenters. The third kappa shape index (κ3) is 2.29. The van der Waals surface area contributed by atoms with Crippen LogP contribution in [0.2, 0.25) is 0 Å². The first kappa shape index (κ1) is 13.8. The normalized spacial score (nSPS) is 45.4. The molecule has 0 N–H and O–H groups in total. The molecule has 0 spiro atoms. The fourth-order valence-electron chi connectivity index (χ4n) is 4.55. The minimum atomic E-state index is -0.0704. The molecule has 0 amide bonds. The number of hydrogen-bond donors (Lipinski definition) is 0. The first-order chi connectivity index (χ1) is 8.49. The van der Waals surface area contributed by atoms with Gasteiger partial charge in [-0.3, -0.25) is 0 Å². The van der Waals surface area contributed by atoms with Gasteiger partial charge in [-0.15, -0.1) is 0 Å². The zero-order chi connectivity index (χ0) is 13.3. The summed E-state index contributed by atoms with van der Waals surface area (Å²) in [6, 6.07) is 0. The van der Waals surface area contributed by atoms with E-state index in [0.717, 1.165) is 18.8 Å². The lowest BCUT2D eigenvalue weighted by atomic mass is 9.55. The Kier molecular flexibility index (Phi) is 3.99. The van der Waals surface area contributed by atoms with Gasteiger partial charge in [0.25, 0.3) is 0 Å². The van der Waals surface area contributed by atoms with Crippen molar-refractivity contribution in [2.45, 2.75) is 59.8 Å². The van der Waals surface area contributed by atoms with Gasteiger partial charge in [-0.2, -0.15) is 0 Å². The second kappa shape index (κ2) is 5.19. The van der Waals surface area contributed by atoms with Gasteiger partial charge in [0.05, 0.1) is 0 Å². The monoisotopic (exact) mass is 248 g/mol. The molecule has 102 valence electrons. The van der Waals surface area contributed by atoms with Gasteiger partial charge in [-0.1, -0.05) is 38.8 Å². The average molecular weight is 248 g/mol. The first-order valence-corrected chi connectivity index (χ1v) is 7.63. The molecule has 0 heterocycles. The second-order valence-electron chi connectivity index (χ2n) is 7.03. The fourth-order valence-corrected chi connectivity index (χ4v) is 4.55. The van der Waals surface area contributed by atoms with Crippen LogP contribution in [0.5, 0.6) is 0 Å². The Morgan fingerprint density at radius 2 is 2.00 bits per heavy atom. The summed E-state index contributed by atoms with van der Waals surface area (Å²) in [6.07, 6.45) is 9.71. The summed E-state index contributed by atoms with van der Waals surface area (Å²) in [4.78, 5) is 11.9. The van der Waals surface area contributed by atoms with Crippen LogP contribution < -0.4 is 0 Å². The highest BCUT2D eigenvalue weighted by molar-refractivity contribution is 5.62. The summed E-state index contributed by atoms with van der Waals surface area (Å²) in [5.41, 5.74) is 1.40. The third-order valence-electron chi connectivity index (χ3n) is 5.68. The zero-order valence-corrected chi connectivity index (χ0v) is 12.4. The second-order valence-corrected chi connectivity index (χ2v) is 7.03. The topological polar surface area (TPSA) is 17.1 Å². The van der Waals surface area contributed by atoms with E-state index in [1.165, 1.54) is 31.1 Å². The lowest BCUT2D eigenvalue weighted by molar-refractivity contribution is -0.125. The quantitative estimate of drug-likeness (QED) is 0.515. The highest BCUT2D eigenvalue weighted by atomic mass is 16.1. The summed E-state index contributed by atoms with van der Waals surface area (Å²) < 4.78 is 0. The van der Waals surface area contributed by atoms with Gasteiger partial charge in [0.2, 0.25) is 0 Å². The van der Waals surface area contributed by atoms with E-state index in [1.54, 1.807) is 0 Å². The van der Waals surface area contributed by atoms with Crippen LogP contribution in [0.3, 0.4) is 0 Å². The third-order valence-corrected chi connectivity index (χ3v) is 5.68. The van der Waals surface area contributed by atoms with Gasteiger partial charge in [0.1, 0.15) is 6.29 Å². The number of allylic oxidation sites excluding steroid dienone is 2. The summed E-state index contributed by atoms with van der Waals surface area (Å²) in [7, 11) is 0. The van der Waals surface area contributed by atoms with E-state index in [9.17, 15) is 4.79 Å². The standard InChI is InChI=1S/C17H28O/c1-12-5-6-16(14(3)9-12)17(11-18)8-7-13(2)10-15(17)4/h10-12,14-16H,5-9H2,1-4H3. The predicted octanol–water partition coefficient (Wildman–Crippen LogP) is 4.62. The number of rotatable bonds is 2. The van der Waals surface area contributed by atoms with Crippen molar-refractivity contribution in [2.24, 2.45) is 29.1 Å². The highest BCUT2D eigenvalue weighted by Gasteiger charge is 2.47. The Balaban J connectivity index is 2.25. The molecular weight excluding hydrogens is 220 g/mol. The van der Waals surface area contributed by atoms with E-state index in [-0.39, 0.29) is 5.41 Å². The molecule has 2 aliphatic rings. The predicted molar refractivity (Wildman–Crippen MR) is 76.3 cm³/mol. The summed E-state index contributed by atoms with van der Waals surface area (Å²) in [5.74, 6) is 2.57. The molecule has 1 heteroatoms. The van der Waals surface area contributed by atoms with Crippen LogP contribution in [0, 0.1) is 29.1 Å². The largest absolute Gasteiger partial charge is 0.303 e. The Labute approximate surface area is 112 Å². The molecular formula is C17H28O. The van der Waals surface area contributed by atoms with E-state index in [1.807, 2.05) is 0 Å². The summed E-state index contributed by atoms with van der Waals surface area (Å²) >= 11 is 0. The van der Waals surface area contributed by atoms with E-state index in [4.69, 9.17) is 0 Å². The lowest BCUT2D eigenvalue weighted by Gasteiger charge is -2.48. The van der Waals surface area contributed by atoms with Crippen LogP contribution >= 0.6 is 0 Å². The molecule has 1 nitrogen and oxygen atoms in total. The van der Waals surface area contributed by atoms with E-state index in [2.05, 4.69) is 33.8 Å². The number of hydrogen-bond acceptors (Lipinski definition) is 1. The molecule has 1 fully saturated rings. The molecule has 0 saturated heterocycles. The maximum absolute atomic E-state index is 11.9. The zero-order valence-electron chi connectivity index (χ0n) is 12.4. The van der Waals surface area contributed by atoms with Crippen molar-refractivity contribution in [3.05, 3.63) is 11.6 Å². The Morgan fingerprint density at radius 3 is 2.56 bits per heavy atom. The average Bonchev–Trinajstić information content (AvgIpc) is 2.31. The van der Waals surface area contributed by atoms with Gasteiger partial charge < -0.3 is 4.79 Å². The van der Waals surface area contributed by atoms with Gasteiger partial charge >= 0.3 is 0 Å². The van der Waals surface area contributed by atoms with Gasteiger partial charge in [-0.05, 0) is 56.3 Å². The van der Waals surface area contributed by atoms with Crippen LogP contribution in [-0.2, 0) is 4.79 Å². The van der Waals surface area contributed by atoms with Crippen molar-refractivity contribution in [3.63, 3.8) is 0 Å². The maximum Gasteiger partial charge on any atom is 0.127 e. The molecule has 2 rings (SSSR count). The smallest absolute Gasteiger partial charge is 0.127 e. The molecule has 0 aromatic rings. The molecule has 2 aliphatic carbocycles. The van der Waals surface area contributed by atoms with Crippen LogP contribution in [0.4, 0.5) is 0 Å². The molecule has 5 unspecified atom stereocenters. The Bertz CT molecular complexity index is 344. The molecule has 0 radical (unpaired) electrons. The summed E-state index contributed by atoms with van der Waals surface area (Å²) in [5, 5.41) is 0. The molecule has 0 aromatic heterocycles. The lowest BCUT2D eigenvalue weighted by Crippen LogP contribution is -2.44. The van der Waals surface area contributed by atoms with Crippen LogP contribution in [0.15, 0.2) is 11.6 Å². The SMILES string of the molecule is CC1=CC(C)C(C=O)(C2CCC(C)CC2C)CC1. The number of carbonyl (C=O) groups excluding carboxylic acids is 1. The van der Waals surface area contributed by atoms with Crippen molar-refractivity contribution in [1.82, 2.24) is 0 Å². The van der Waals surface area contributed by atoms with Gasteiger partial charge in [0, 0.05) is 5.41 Å². The molecule has 1 saturated carbocycles. The maximum atomic E-state index is 11.9. The van der Waals surface area contributed by atoms with Crippen molar-refractivity contribution >= 4 is 6.29 Å². The first-order valence-electron chi connectivity index (χ1n) is 7.63.